The molecule has 0 radical (unpaired) electrons. The van der Waals surface area contributed by atoms with Crippen molar-refractivity contribution in [2.75, 3.05) is 5.32 Å². The molecule has 13 heavy (non-hydrogen) atoms. The second-order valence-electron chi connectivity index (χ2n) is 4.40. The van der Waals surface area contributed by atoms with Gasteiger partial charge in [-0.3, -0.25) is 0 Å². The summed E-state index contributed by atoms with van der Waals surface area (Å²) in [6, 6.07) is 0.478. The zero-order valence-electron chi connectivity index (χ0n) is 8.42. The Morgan fingerprint density at radius 3 is 2.77 bits per heavy atom. The lowest BCUT2D eigenvalue weighted by atomic mass is 10.1. The second-order valence-corrected chi connectivity index (χ2v) is 5.26. The third-order valence-corrected chi connectivity index (χ3v) is 3.31. The quantitative estimate of drug-likeness (QED) is 0.803. The maximum atomic E-state index is 4.59. The lowest BCUT2D eigenvalue weighted by Crippen LogP contribution is -2.09. The highest BCUT2D eigenvalue weighted by atomic mass is 32.1. The topological polar surface area (TPSA) is 24.9 Å². The van der Waals surface area contributed by atoms with Crippen molar-refractivity contribution >= 4 is 16.5 Å². The summed E-state index contributed by atoms with van der Waals surface area (Å²) in [6.45, 7) is 6.57. The van der Waals surface area contributed by atoms with Gasteiger partial charge in [-0.15, -0.1) is 11.3 Å². The molecule has 1 fully saturated rings. The number of nitrogens with one attached hydrogen (secondary N) is 1. The molecular formula is C10H16N2S. The first kappa shape index (κ1) is 9.00. The van der Waals surface area contributed by atoms with E-state index in [9.17, 15) is 0 Å². The van der Waals surface area contributed by atoms with Crippen molar-refractivity contribution in [3.63, 3.8) is 0 Å². The van der Waals surface area contributed by atoms with Gasteiger partial charge in [0.25, 0.3) is 0 Å². The van der Waals surface area contributed by atoms with Crippen molar-refractivity contribution in [3.8, 4) is 0 Å². The van der Waals surface area contributed by atoms with E-state index < -0.39 is 0 Å². The summed E-state index contributed by atoms with van der Waals surface area (Å²) in [7, 11) is 0. The predicted octanol–water partition coefficient (Wildman–Crippen LogP) is 3.01. The van der Waals surface area contributed by atoms with Gasteiger partial charge in [0.2, 0.25) is 0 Å². The minimum absolute atomic E-state index is 0.410. The average molecular weight is 196 g/mol. The van der Waals surface area contributed by atoms with Crippen LogP contribution in [0, 0.1) is 0 Å². The molecule has 0 atom stereocenters. The normalized spacial score (nSPS) is 19.1. The number of thiazole rings is 1. The first-order valence-electron chi connectivity index (χ1n) is 4.83. The third-order valence-electron chi connectivity index (χ3n) is 2.53. The summed E-state index contributed by atoms with van der Waals surface area (Å²) in [5, 5.41) is 6.59. The van der Waals surface area contributed by atoms with Gasteiger partial charge < -0.3 is 5.32 Å². The molecule has 3 heteroatoms. The highest BCUT2D eigenvalue weighted by molar-refractivity contribution is 7.13. The molecule has 1 aromatic heterocycles. The van der Waals surface area contributed by atoms with Gasteiger partial charge in [-0.25, -0.2) is 4.98 Å². The van der Waals surface area contributed by atoms with Crippen LogP contribution in [0.2, 0.25) is 0 Å². The number of aromatic nitrogens is 1. The van der Waals surface area contributed by atoms with Crippen LogP contribution in [0.25, 0.3) is 0 Å². The highest BCUT2D eigenvalue weighted by Gasteiger charge is 2.41. The molecule has 1 aromatic rings. The molecule has 0 amide bonds. The molecule has 2 rings (SSSR count). The van der Waals surface area contributed by atoms with E-state index in [-0.39, 0.29) is 0 Å². The molecule has 0 spiro atoms. The number of nitrogens with zero attached hydrogens (tertiary/aromatic N) is 1. The molecule has 0 aromatic carbocycles. The summed E-state index contributed by atoms with van der Waals surface area (Å²) in [5.74, 6) is 0. The summed E-state index contributed by atoms with van der Waals surface area (Å²) in [4.78, 5) is 4.59. The lowest BCUT2D eigenvalue weighted by molar-refractivity contribution is 0.757. The Balaban J connectivity index is 2.09. The number of hydrogen-bond donors (Lipinski definition) is 1. The smallest absolute Gasteiger partial charge is 0.183 e. The molecule has 1 saturated carbocycles. The van der Waals surface area contributed by atoms with Gasteiger partial charge in [0.15, 0.2) is 5.13 Å². The molecule has 0 bridgehead atoms. The third kappa shape index (κ3) is 1.85. The summed E-state index contributed by atoms with van der Waals surface area (Å²) in [6.07, 6.45) is 2.61. The molecular weight excluding hydrogens is 180 g/mol. The average Bonchev–Trinajstić information content (AvgIpc) is 2.62. The predicted molar refractivity (Wildman–Crippen MR) is 57.5 cm³/mol. The zero-order chi connectivity index (χ0) is 9.47. The van der Waals surface area contributed by atoms with Crippen molar-refractivity contribution in [2.45, 2.75) is 45.1 Å². The largest absolute Gasteiger partial charge is 0.359 e. The van der Waals surface area contributed by atoms with Crippen molar-refractivity contribution in [3.05, 3.63) is 11.1 Å². The van der Waals surface area contributed by atoms with E-state index >= 15 is 0 Å². The van der Waals surface area contributed by atoms with Crippen molar-refractivity contribution in [1.29, 1.82) is 0 Å². The van der Waals surface area contributed by atoms with Crippen molar-refractivity contribution in [2.24, 2.45) is 0 Å². The van der Waals surface area contributed by atoms with Crippen LogP contribution in [-0.2, 0) is 5.41 Å². The summed E-state index contributed by atoms with van der Waals surface area (Å²) >= 11 is 1.72. The van der Waals surface area contributed by atoms with Gasteiger partial charge >= 0.3 is 0 Å². The first-order valence-corrected chi connectivity index (χ1v) is 5.71. The van der Waals surface area contributed by atoms with Crippen LogP contribution in [0.5, 0.6) is 0 Å². The Hall–Kier alpha value is -0.570. The second kappa shape index (κ2) is 2.98. The van der Waals surface area contributed by atoms with E-state index in [1.807, 2.05) is 0 Å². The SMILES string of the molecule is CC(C)Nc1nc(C2(C)CC2)cs1. The van der Waals surface area contributed by atoms with E-state index in [1.54, 1.807) is 11.3 Å². The minimum atomic E-state index is 0.410. The van der Waals surface area contributed by atoms with E-state index in [0.717, 1.165) is 5.13 Å². The summed E-state index contributed by atoms with van der Waals surface area (Å²) < 4.78 is 0. The van der Waals surface area contributed by atoms with E-state index in [0.29, 0.717) is 11.5 Å². The van der Waals surface area contributed by atoms with Gasteiger partial charge in [-0.05, 0) is 26.7 Å². The molecule has 1 aliphatic carbocycles. The Kier molecular flexibility index (Phi) is 2.06. The Bertz CT molecular complexity index is 300. The monoisotopic (exact) mass is 196 g/mol. The van der Waals surface area contributed by atoms with Crippen LogP contribution >= 0.6 is 11.3 Å². The molecule has 0 saturated heterocycles. The molecule has 1 heterocycles. The molecule has 2 nitrogen and oxygen atoms in total. The molecule has 0 unspecified atom stereocenters. The van der Waals surface area contributed by atoms with Crippen LogP contribution in [-0.4, -0.2) is 11.0 Å². The standard InChI is InChI=1S/C10H16N2S/c1-7(2)11-9-12-8(6-13-9)10(3)4-5-10/h6-7H,4-5H2,1-3H3,(H,11,12). The lowest BCUT2D eigenvalue weighted by Gasteiger charge is -2.05. The van der Waals surface area contributed by atoms with Crippen LogP contribution < -0.4 is 5.32 Å². The summed E-state index contributed by atoms with van der Waals surface area (Å²) in [5.41, 5.74) is 1.69. The molecule has 0 aliphatic heterocycles. The number of anilines is 1. The fourth-order valence-corrected chi connectivity index (χ4v) is 2.32. The molecule has 1 aliphatic rings. The Labute approximate surface area is 83.4 Å². The fourth-order valence-electron chi connectivity index (χ4n) is 1.31. The van der Waals surface area contributed by atoms with Crippen LogP contribution in [0.4, 0.5) is 5.13 Å². The minimum Gasteiger partial charge on any atom is -0.359 e. The van der Waals surface area contributed by atoms with Crippen LogP contribution in [0.1, 0.15) is 39.3 Å². The molecule has 1 N–H and O–H groups in total. The van der Waals surface area contributed by atoms with Gasteiger partial charge in [0.1, 0.15) is 0 Å². The molecule has 72 valence electrons. The highest BCUT2D eigenvalue weighted by Crippen LogP contribution is 2.47. The van der Waals surface area contributed by atoms with E-state index in [2.05, 4.69) is 36.5 Å². The van der Waals surface area contributed by atoms with Gasteiger partial charge in [-0.1, -0.05) is 6.92 Å². The maximum Gasteiger partial charge on any atom is 0.183 e. The van der Waals surface area contributed by atoms with E-state index in [1.165, 1.54) is 18.5 Å². The van der Waals surface area contributed by atoms with Crippen LogP contribution in [0.3, 0.4) is 0 Å². The Morgan fingerprint density at radius 1 is 1.54 bits per heavy atom. The van der Waals surface area contributed by atoms with Crippen LogP contribution in [0.15, 0.2) is 5.38 Å². The first-order chi connectivity index (χ1) is 6.10. The van der Waals surface area contributed by atoms with E-state index in [4.69, 9.17) is 0 Å². The fraction of sp³-hybridized carbons (Fsp3) is 0.700. The number of hydrogen-bond acceptors (Lipinski definition) is 3. The zero-order valence-corrected chi connectivity index (χ0v) is 9.24. The van der Waals surface area contributed by atoms with Gasteiger partial charge in [0.05, 0.1) is 5.69 Å². The Morgan fingerprint density at radius 2 is 2.23 bits per heavy atom. The van der Waals surface area contributed by atoms with Gasteiger partial charge in [-0.2, -0.15) is 0 Å². The number of rotatable bonds is 3. The maximum absolute atomic E-state index is 4.59. The van der Waals surface area contributed by atoms with Crippen molar-refractivity contribution in [1.82, 2.24) is 4.98 Å². The van der Waals surface area contributed by atoms with Gasteiger partial charge in [0, 0.05) is 16.8 Å². The van der Waals surface area contributed by atoms with Crippen molar-refractivity contribution < 1.29 is 0 Å².